The van der Waals surface area contributed by atoms with Gasteiger partial charge in [0.25, 0.3) is 0 Å². The molecule has 0 aliphatic carbocycles. The lowest BCUT2D eigenvalue weighted by atomic mass is 10.1. The van der Waals surface area contributed by atoms with Crippen molar-refractivity contribution in [2.75, 3.05) is 38.1 Å². The summed E-state index contributed by atoms with van der Waals surface area (Å²) in [6, 6.07) is 16.5. The van der Waals surface area contributed by atoms with Gasteiger partial charge in [-0.3, -0.25) is 9.79 Å². The highest BCUT2D eigenvalue weighted by Crippen LogP contribution is 2.27. The number of piperazine rings is 1. The van der Waals surface area contributed by atoms with E-state index >= 15 is 0 Å². The summed E-state index contributed by atoms with van der Waals surface area (Å²) in [6.07, 6.45) is 1.03. The van der Waals surface area contributed by atoms with E-state index < -0.39 is 0 Å². The fraction of sp³-hybridized carbons (Fsp3) is 0.364. The molecule has 1 saturated heterocycles. The first-order chi connectivity index (χ1) is 14.2. The van der Waals surface area contributed by atoms with Gasteiger partial charge >= 0.3 is 0 Å². The molecule has 2 aromatic rings. The van der Waals surface area contributed by atoms with Crippen LogP contribution in [-0.2, 0) is 17.8 Å². The van der Waals surface area contributed by atoms with Crippen LogP contribution in [0.4, 0.5) is 5.69 Å². The number of ether oxygens (including phenoxy) is 1. The summed E-state index contributed by atoms with van der Waals surface area (Å²) in [6.45, 7) is 3.32. The molecule has 2 aromatic carbocycles. The Morgan fingerprint density at radius 3 is 2.79 bits per heavy atom. The Balaban J connectivity index is 1.24. The van der Waals surface area contributed by atoms with Gasteiger partial charge in [0.2, 0.25) is 5.91 Å². The molecule has 2 aliphatic heterocycles. The smallest absolute Gasteiger partial charge is 0.239 e. The SMILES string of the molecule is CN=C(NCc1ccc(N2CCNC(=O)C2)cc1)NCC1Cc2ccccc2O1. The molecule has 0 saturated carbocycles. The molecule has 29 heavy (non-hydrogen) atoms. The molecule has 0 radical (unpaired) electrons. The summed E-state index contributed by atoms with van der Waals surface area (Å²) in [5.41, 5.74) is 3.49. The second kappa shape index (κ2) is 8.86. The van der Waals surface area contributed by atoms with Crippen LogP contribution in [0.5, 0.6) is 5.75 Å². The number of nitrogens with one attached hydrogen (secondary N) is 3. The first-order valence-corrected chi connectivity index (χ1v) is 10.0. The molecule has 0 spiro atoms. The number of hydrogen-bond acceptors (Lipinski definition) is 4. The Morgan fingerprint density at radius 2 is 2.03 bits per heavy atom. The summed E-state index contributed by atoms with van der Waals surface area (Å²) in [5, 5.41) is 9.54. The first-order valence-electron chi connectivity index (χ1n) is 10.0. The number of benzene rings is 2. The van der Waals surface area contributed by atoms with E-state index in [-0.39, 0.29) is 12.0 Å². The van der Waals surface area contributed by atoms with E-state index in [2.05, 4.69) is 56.2 Å². The number of carbonyl (C=O) groups is 1. The molecule has 3 N–H and O–H groups in total. The van der Waals surface area contributed by atoms with Gasteiger partial charge in [-0.05, 0) is 29.3 Å². The Labute approximate surface area is 171 Å². The second-order valence-corrected chi connectivity index (χ2v) is 7.30. The van der Waals surface area contributed by atoms with Crippen LogP contribution >= 0.6 is 0 Å². The van der Waals surface area contributed by atoms with E-state index in [0.717, 1.165) is 35.9 Å². The van der Waals surface area contributed by atoms with E-state index in [4.69, 9.17) is 4.74 Å². The number of fused-ring (bicyclic) bond motifs is 1. The van der Waals surface area contributed by atoms with Crippen LogP contribution in [0.1, 0.15) is 11.1 Å². The highest BCUT2D eigenvalue weighted by atomic mass is 16.5. The number of guanidine groups is 1. The average Bonchev–Trinajstić information content (AvgIpc) is 3.17. The van der Waals surface area contributed by atoms with Crippen molar-refractivity contribution in [3.8, 4) is 5.75 Å². The molecule has 2 aliphatic rings. The lowest BCUT2D eigenvalue weighted by Crippen LogP contribution is -2.47. The zero-order chi connectivity index (χ0) is 20.1. The third-order valence-corrected chi connectivity index (χ3v) is 5.23. The number of rotatable bonds is 5. The largest absolute Gasteiger partial charge is 0.488 e. The fourth-order valence-electron chi connectivity index (χ4n) is 3.67. The highest BCUT2D eigenvalue weighted by molar-refractivity contribution is 5.82. The summed E-state index contributed by atoms with van der Waals surface area (Å²) < 4.78 is 5.96. The van der Waals surface area contributed by atoms with Crippen molar-refractivity contribution in [2.24, 2.45) is 4.99 Å². The van der Waals surface area contributed by atoms with Crippen molar-refractivity contribution < 1.29 is 9.53 Å². The van der Waals surface area contributed by atoms with Crippen LogP contribution in [0.2, 0.25) is 0 Å². The third-order valence-electron chi connectivity index (χ3n) is 5.23. The predicted molar refractivity (Wildman–Crippen MR) is 114 cm³/mol. The quantitative estimate of drug-likeness (QED) is 0.527. The normalized spacial score (nSPS) is 18.7. The standard InChI is InChI=1S/C22H27N5O2/c1-23-22(26-14-19-12-17-4-2-3-5-20(17)29-19)25-13-16-6-8-18(9-7-16)27-11-10-24-21(28)15-27/h2-9,19H,10-15H2,1H3,(H,24,28)(H2,23,25,26). The van der Waals surface area contributed by atoms with Gasteiger partial charge < -0.3 is 25.6 Å². The minimum Gasteiger partial charge on any atom is -0.488 e. The molecule has 152 valence electrons. The Hall–Kier alpha value is -3.22. The van der Waals surface area contributed by atoms with E-state index in [1.807, 2.05) is 18.2 Å². The molecule has 4 rings (SSSR count). The minimum atomic E-state index is 0.0752. The average molecular weight is 393 g/mol. The van der Waals surface area contributed by atoms with Gasteiger partial charge in [0.1, 0.15) is 11.9 Å². The summed E-state index contributed by atoms with van der Waals surface area (Å²) >= 11 is 0. The molecule has 0 bridgehead atoms. The Bertz CT molecular complexity index is 856. The fourth-order valence-corrected chi connectivity index (χ4v) is 3.67. The molecule has 1 fully saturated rings. The molecule has 7 heteroatoms. The molecule has 7 nitrogen and oxygen atoms in total. The summed E-state index contributed by atoms with van der Waals surface area (Å²) in [7, 11) is 1.77. The number of amides is 1. The van der Waals surface area contributed by atoms with Crippen molar-refractivity contribution in [3.63, 3.8) is 0 Å². The van der Waals surface area contributed by atoms with Gasteiger partial charge in [0.05, 0.1) is 13.1 Å². The van der Waals surface area contributed by atoms with Crippen molar-refractivity contribution in [1.29, 1.82) is 0 Å². The van der Waals surface area contributed by atoms with E-state index in [0.29, 0.717) is 26.2 Å². The topological polar surface area (TPSA) is 78.0 Å². The van der Waals surface area contributed by atoms with Gasteiger partial charge in [-0.25, -0.2) is 0 Å². The number of anilines is 1. The van der Waals surface area contributed by atoms with Crippen LogP contribution in [-0.4, -0.2) is 51.2 Å². The molecule has 1 unspecified atom stereocenters. The number of carbonyl (C=O) groups excluding carboxylic acids is 1. The van der Waals surface area contributed by atoms with E-state index in [1.165, 1.54) is 5.56 Å². The van der Waals surface area contributed by atoms with Gasteiger partial charge in [-0.15, -0.1) is 0 Å². The first kappa shape index (κ1) is 19.1. The van der Waals surface area contributed by atoms with Crippen molar-refractivity contribution in [3.05, 3.63) is 59.7 Å². The maximum Gasteiger partial charge on any atom is 0.239 e. The molecular weight excluding hydrogens is 366 g/mol. The molecule has 1 amide bonds. The summed E-state index contributed by atoms with van der Waals surface area (Å²) in [5.74, 6) is 1.81. The van der Waals surface area contributed by atoms with Gasteiger partial charge in [-0.1, -0.05) is 30.3 Å². The summed E-state index contributed by atoms with van der Waals surface area (Å²) in [4.78, 5) is 17.9. The number of aliphatic imine (C=N–C) groups is 1. The van der Waals surface area contributed by atoms with Crippen LogP contribution < -0.4 is 25.6 Å². The molecule has 0 aromatic heterocycles. The maximum atomic E-state index is 11.6. The zero-order valence-electron chi connectivity index (χ0n) is 16.6. The predicted octanol–water partition coefficient (Wildman–Crippen LogP) is 1.29. The van der Waals surface area contributed by atoms with Crippen LogP contribution in [0.25, 0.3) is 0 Å². The Kier molecular flexibility index (Phi) is 5.84. The highest BCUT2D eigenvalue weighted by Gasteiger charge is 2.22. The van der Waals surface area contributed by atoms with Crippen LogP contribution in [0.15, 0.2) is 53.5 Å². The van der Waals surface area contributed by atoms with Gasteiger partial charge in [0.15, 0.2) is 5.96 Å². The number of nitrogens with zero attached hydrogens (tertiary/aromatic N) is 2. The van der Waals surface area contributed by atoms with E-state index in [1.54, 1.807) is 7.05 Å². The number of hydrogen-bond donors (Lipinski definition) is 3. The van der Waals surface area contributed by atoms with Crippen LogP contribution in [0.3, 0.4) is 0 Å². The lowest BCUT2D eigenvalue weighted by Gasteiger charge is -2.28. The second-order valence-electron chi connectivity index (χ2n) is 7.30. The zero-order valence-corrected chi connectivity index (χ0v) is 16.6. The maximum absolute atomic E-state index is 11.6. The van der Waals surface area contributed by atoms with Gasteiger partial charge in [0, 0.05) is 38.8 Å². The van der Waals surface area contributed by atoms with Crippen LogP contribution in [0, 0.1) is 0 Å². The van der Waals surface area contributed by atoms with Gasteiger partial charge in [-0.2, -0.15) is 0 Å². The lowest BCUT2D eigenvalue weighted by molar-refractivity contribution is -0.120. The Morgan fingerprint density at radius 1 is 1.21 bits per heavy atom. The molecular formula is C22H27N5O2. The molecule has 1 atom stereocenters. The van der Waals surface area contributed by atoms with E-state index in [9.17, 15) is 4.79 Å². The monoisotopic (exact) mass is 393 g/mol. The van der Waals surface area contributed by atoms with Crippen molar-refractivity contribution >= 4 is 17.6 Å². The third kappa shape index (κ3) is 4.80. The van der Waals surface area contributed by atoms with Crippen molar-refractivity contribution in [2.45, 2.75) is 19.1 Å². The number of para-hydroxylation sites is 1. The van der Waals surface area contributed by atoms with Crippen molar-refractivity contribution in [1.82, 2.24) is 16.0 Å². The molecule has 2 heterocycles. The minimum absolute atomic E-state index is 0.0752.